The minimum absolute atomic E-state index is 0.00437. The van der Waals surface area contributed by atoms with Crippen LogP contribution in [0.15, 0.2) is 10.9 Å². The Hall–Kier alpha value is -3.04. The Morgan fingerprint density at radius 2 is 2.13 bits per heavy atom. The second-order valence-electron chi connectivity index (χ2n) is 5.29. The van der Waals surface area contributed by atoms with Gasteiger partial charge in [0.1, 0.15) is 11.6 Å². The molecule has 10 nitrogen and oxygen atoms in total. The van der Waals surface area contributed by atoms with Crippen molar-refractivity contribution in [3.05, 3.63) is 39.6 Å². The fourth-order valence-corrected chi connectivity index (χ4v) is 2.18. The standard InChI is InChI=1S/C13H16N8O2/c1-6-4-11(23)21-13(14-6)17-9(20-21)5-10(22)15-7(2)12-16-8(3)18-19-12/h4,7H,5H2,1-3H3,(H,15,22)(H,14,17,20)(H,16,18,19). The van der Waals surface area contributed by atoms with Crippen molar-refractivity contribution in [2.24, 2.45) is 0 Å². The smallest absolute Gasteiger partial charge is 0.274 e. The van der Waals surface area contributed by atoms with Gasteiger partial charge in [-0.25, -0.2) is 9.97 Å². The molecule has 120 valence electrons. The summed E-state index contributed by atoms with van der Waals surface area (Å²) >= 11 is 0. The number of rotatable bonds is 4. The molecular formula is C13H16N8O2. The molecule has 3 aromatic heterocycles. The molecular weight excluding hydrogens is 300 g/mol. The van der Waals surface area contributed by atoms with Gasteiger partial charge in [0.25, 0.3) is 11.3 Å². The first kappa shape index (κ1) is 14.9. The molecule has 0 bridgehead atoms. The van der Waals surface area contributed by atoms with Gasteiger partial charge in [0.05, 0.1) is 12.5 Å². The van der Waals surface area contributed by atoms with E-state index in [-0.39, 0.29) is 29.7 Å². The Bertz CT molecular complexity index is 922. The molecule has 3 N–H and O–H groups in total. The van der Waals surface area contributed by atoms with Crippen LogP contribution in [0.3, 0.4) is 0 Å². The summed E-state index contributed by atoms with van der Waals surface area (Å²) in [5, 5.41) is 12.3. The number of hydrogen-bond donors (Lipinski definition) is 3. The zero-order valence-corrected chi connectivity index (χ0v) is 12.9. The molecule has 1 unspecified atom stereocenters. The van der Waals surface area contributed by atoms with Gasteiger partial charge in [0.2, 0.25) is 5.91 Å². The van der Waals surface area contributed by atoms with E-state index < -0.39 is 0 Å². The first-order chi connectivity index (χ1) is 10.9. The SMILES string of the molecule is Cc1cc(=O)n2[nH]c(CC(=O)NC(C)c3n[nH]c(C)n3)nc2n1. The van der Waals surface area contributed by atoms with Gasteiger partial charge in [-0.1, -0.05) is 0 Å². The van der Waals surface area contributed by atoms with Crippen LogP contribution in [0.4, 0.5) is 0 Å². The Kier molecular flexibility index (Phi) is 3.64. The van der Waals surface area contributed by atoms with Crippen molar-refractivity contribution >= 4 is 11.7 Å². The number of carbonyl (C=O) groups is 1. The number of aromatic nitrogens is 7. The minimum Gasteiger partial charge on any atom is -0.346 e. The highest BCUT2D eigenvalue weighted by Gasteiger charge is 2.16. The molecule has 3 heterocycles. The molecule has 0 saturated heterocycles. The molecule has 0 aliphatic rings. The molecule has 1 amide bonds. The molecule has 23 heavy (non-hydrogen) atoms. The highest BCUT2D eigenvalue weighted by molar-refractivity contribution is 5.78. The third-order valence-electron chi connectivity index (χ3n) is 3.21. The van der Waals surface area contributed by atoms with Crippen molar-refractivity contribution in [2.45, 2.75) is 33.2 Å². The summed E-state index contributed by atoms with van der Waals surface area (Å²) in [6.07, 6.45) is -0.00437. The maximum Gasteiger partial charge on any atom is 0.274 e. The lowest BCUT2D eigenvalue weighted by molar-refractivity contribution is -0.121. The van der Waals surface area contributed by atoms with Gasteiger partial charge >= 0.3 is 0 Å². The van der Waals surface area contributed by atoms with Crippen LogP contribution in [0.1, 0.15) is 36.1 Å². The predicted molar refractivity (Wildman–Crippen MR) is 79.7 cm³/mol. The Balaban J connectivity index is 1.73. The van der Waals surface area contributed by atoms with Gasteiger partial charge in [0, 0.05) is 11.8 Å². The summed E-state index contributed by atoms with van der Waals surface area (Å²) in [4.78, 5) is 36.3. The second-order valence-corrected chi connectivity index (χ2v) is 5.29. The number of aromatic amines is 2. The molecule has 10 heteroatoms. The van der Waals surface area contributed by atoms with E-state index in [1.807, 2.05) is 0 Å². The quantitative estimate of drug-likeness (QED) is 0.598. The van der Waals surface area contributed by atoms with Crippen molar-refractivity contribution in [3.8, 4) is 0 Å². The largest absolute Gasteiger partial charge is 0.346 e. The van der Waals surface area contributed by atoms with E-state index in [9.17, 15) is 9.59 Å². The van der Waals surface area contributed by atoms with Crippen molar-refractivity contribution in [1.82, 2.24) is 40.1 Å². The lowest BCUT2D eigenvalue weighted by Crippen LogP contribution is -2.29. The van der Waals surface area contributed by atoms with E-state index in [1.165, 1.54) is 10.6 Å². The fraction of sp³-hybridized carbons (Fsp3) is 0.385. The lowest BCUT2D eigenvalue weighted by atomic mass is 10.3. The summed E-state index contributed by atoms with van der Waals surface area (Å²) in [7, 11) is 0. The first-order valence-corrected chi connectivity index (χ1v) is 7.06. The summed E-state index contributed by atoms with van der Waals surface area (Å²) in [6, 6.07) is 1.06. The van der Waals surface area contributed by atoms with E-state index in [0.29, 0.717) is 23.2 Å². The zero-order valence-electron chi connectivity index (χ0n) is 12.9. The van der Waals surface area contributed by atoms with Crippen LogP contribution in [-0.4, -0.2) is 40.7 Å². The van der Waals surface area contributed by atoms with E-state index in [0.717, 1.165) is 0 Å². The van der Waals surface area contributed by atoms with Crippen molar-refractivity contribution in [3.63, 3.8) is 0 Å². The van der Waals surface area contributed by atoms with Crippen LogP contribution in [0.2, 0.25) is 0 Å². The fourth-order valence-electron chi connectivity index (χ4n) is 2.18. The molecule has 0 saturated carbocycles. The minimum atomic E-state index is -0.333. The molecule has 0 fully saturated rings. The molecule has 1 atom stereocenters. The number of nitrogens with one attached hydrogen (secondary N) is 3. The second kappa shape index (κ2) is 5.63. The Morgan fingerprint density at radius 3 is 2.83 bits per heavy atom. The predicted octanol–water partition coefficient (Wildman–Crippen LogP) is -0.428. The van der Waals surface area contributed by atoms with Gasteiger partial charge in [-0.15, -0.1) is 0 Å². The maximum atomic E-state index is 12.1. The van der Waals surface area contributed by atoms with E-state index in [1.54, 1.807) is 20.8 Å². The molecule has 0 aliphatic carbocycles. The number of amides is 1. The number of carbonyl (C=O) groups excluding carboxylic acids is 1. The van der Waals surface area contributed by atoms with Gasteiger partial charge < -0.3 is 5.32 Å². The van der Waals surface area contributed by atoms with Crippen LogP contribution in [0.25, 0.3) is 5.78 Å². The van der Waals surface area contributed by atoms with Crippen LogP contribution in [0.5, 0.6) is 0 Å². The lowest BCUT2D eigenvalue weighted by Gasteiger charge is -2.09. The highest BCUT2D eigenvalue weighted by Crippen LogP contribution is 2.06. The summed E-state index contributed by atoms with van der Waals surface area (Å²) in [5.41, 5.74) is 0.308. The number of H-pyrrole nitrogens is 2. The van der Waals surface area contributed by atoms with E-state index in [4.69, 9.17) is 0 Å². The van der Waals surface area contributed by atoms with Crippen LogP contribution in [-0.2, 0) is 11.2 Å². The number of aryl methyl sites for hydroxylation is 2. The molecule has 0 aliphatic heterocycles. The summed E-state index contributed by atoms with van der Waals surface area (Å²) in [6.45, 7) is 5.28. The Morgan fingerprint density at radius 1 is 1.35 bits per heavy atom. The van der Waals surface area contributed by atoms with Gasteiger partial charge in [-0.05, 0) is 20.8 Å². The highest BCUT2D eigenvalue weighted by atomic mass is 16.2. The number of hydrogen-bond acceptors (Lipinski definition) is 6. The summed E-state index contributed by atoms with van der Waals surface area (Å²) in [5.74, 6) is 1.53. The normalized spacial score (nSPS) is 12.5. The molecule has 0 radical (unpaired) electrons. The average molecular weight is 316 g/mol. The third kappa shape index (κ3) is 3.10. The van der Waals surface area contributed by atoms with Crippen molar-refractivity contribution < 1.29 is 4.79 Å². The molecule has 0 aromatic carbocycles. The maximum absolute atomic E-state index is 12.1. The summed E-state index contributed by atoms with van der Waals surface area (Å²) < 4.78 is 1.21. The molecule has 3 rings (SSSR count). The molecule has 0 spiro atoms. The van der Waals surface area contributed by atoms with E-state index >= 15 is 0 Å². The van der Waals surface area contributed by atoms with Crippen molar-refractivity contribution in [1.29, 1.82) is 0 Å². The van der Waals surface area contributed by atoms with Crippen LogP contribution >= 0.6 is 0 Å². The number of fused-ring (bicyclic) bond motifs is 1. The van der Waals surface area contributed by atoms with Gasteiger partial charge in [-0.2, -0.15) is 14.6 Å². The van der Waals surface area contributed by atoms with Crippen LogP contribution in [0, 0.1) is 13.8 Å². The number of nitrogens with zero attached hydrogens (tertiary/aromatic N) is 5. The average Bonchev–Trinajstić information content (AvgIpc) is 3.04. The van der Waals surface area contributed by atoms with Gasteiger partial charge in [-0.3, -0.25) is 19.8 Å². The van der Waals surface area contributed by atoms with Crippen molar-refractivity contribution in [2.75, 3.05) is 0 Å². The molecule has 3 aromatic rings. The third-order valence-corrected chi connectivity index (χ3v) is 3.21. The topological polar surface area (TPSA) is 134 Å². The monoisotopic (exact) mass is 316 g/mol. The Labute approximate surface area is 130 Å². The van der Waals surface area contributed by atoms with Gasteiger partial charge in [0.15, 0.2) is 5.82 Å². The van der Waals surface area contributed by atoms with E-state index in [2.05, 4.69) is 35.6 Å². The zero-order chi connectivity index (χ0) is 16.6. The van der Waals surface area contributed by atoms with Crippen LogP contribution < -0.4 is 10.9 Å². The first-order valence-electron chi connectivity index (χ1n) is 7.06.